The first kappa shape index (κ1) is 26.4. The van der Waals surface area contributed by atoms with E-state index in [0.29, 0.717) is 6.04 Å². The smallest absolute Gasteiger partial charge is 0.191 e. The second-order valence-corrected chi connectivity index (χ2v) is 7.78. The molecule has 0 amide bonds. The van der Waals surface area contributed by atoms with Crippen LogP contribution in [-0.2, 0) is 4.74 Å². The number of nitrogens with zero attached hydrogens (tertiary/aromatic N) is 3. The second-order valence-electron chi connectivity index (χ2n) is 7.34. The summed E-state index contributed by atoms with van der Waals surface area (Å²) in [6.07, 6.45) is 3.58. The molecule has 1 saturated heterocycles. The lowest BCUT2D eigenvalue weighted by Gasteiger charge is -2.29. The molecule has 166 valence electrons. The van der Waals surface area contributed by atoms with Crippen LogP contribution in [0.5, 0.6) is 0 Å². The predicted molar refractivity (Wildman–Crippen MR) is 134 cm³/mol. The minimum absolute atomic E-state index is 0. The Bertz CT molecular complexity index is 598. The summed E-state index contributed by atoms with van der Waals surface area (Å²) in [5.41, 5.74) is 1.26. The van der Waals surface area contributed by atoms with Gasteiger partial charge in [-0.3, -0.25) is 9.89 Å². The van der Waals surface area contributed by atoms with E-state index in [0.717, 1.165) is 63.3 Å². The quantitative estimate of drug-likeness (QED) is 0.196. The summed E-state index contributed by atoms with van der Waals surface area (Å²) in [5.74, 6) is 0.844. The Morgan fingerprint density at radius 2 is 2.03 bits per heavy atom. The number of guanidine groups is 1. The number of likely N-dealkylation sites (N-methyl/N-ethyl adjacent to an activating group) is 1. The summed E-state index contributed by atoms with van der Waals surface area (Å²) in [7, 11) is 5.70. The molecule has 1 heterocycles. The number of ether oxygens (including phenoxy) is 1. The molecule has 2 N–H and O–H groups in total. The summed E-state index contributed by atoms with van der Waals surface area (Å²) in [6.45, 7) is 6.75. The van der Waals surface area contributed by atoms with E-state index in [1.807, 2.05) is 19.2 Å². The van der Waals surface area contributed by atoms with Gasteiger partial charge < -0.3 is 20.3 Å². The summed E-state index contributed by atoms with van der Waals surface area (Å²) < 4.78 is 5.11. The molecule has 0 bridgehead atoms. The standard InChI is InChI=1S/C21H36ClN5O.HI/c1-23-21(24-10-14-26(2)11-7-15-28-3)25-17-20(27-12-4-5-13-27)18-8-6-9-19(22)16-18;/h6,8-9,16,20H,4-5,7,10-15,17H2,1-3H3,(H2,23,24,25);1H. The van der Waals surface area contributed by atoms with Crippen LogP contribution in [0.25, 0.3) is 0 Å². The Labute approximate surface area is 198 Å². The van der Waals surface area contributed by atoms with E-state index < -0.39 is 0 Å². The lowest BCUT2D eigenvalue weighted by molar-refractivity contribution is 0.180. The number of halogens is 2. The van der Waals surface area contributed by atoms with Gasteiger partial charge in [0.25, 0.3) is 0 Å². The molecule has 0 saturated carbocycles. The van der Waals surface area contributed by atoms with Crippen molar-refractivity contribution < 1.29 is 4.74 Å². The Morgan fingerprint density at radius 3 is 2.69 bits per heavy atom. The van der Waals surface area contributed by atoms with Crippen molar-refractivity contribution in [2.45, 2.75) is 25.3 Å². The number of benzene rings is 1. The van der Waals surface area contributed by atoms with E-state index >= 15 is 0 Å². The van der Waals surface area contributed by atoms with E-state index in [2.05, 4.69) is 44.6 Å². The third kappa shape index (κ3) is 9.83. The van der Waals surface area contributed by atoms with Crippen LogP contribution < -0.4 is 10.6 Å². The molecule has 1 atom stereocenters. The molecule has 6 nitrogen and oxygen atoms in total. The normalized spacial score (nSPS) is 16.0. The Balaban J connectivity index is 0.00000420. The molecular weight excluding hydrogens is 501 g/mol. The van der Waals surface area contributed by atoms with Crippen LogP contribution in [-0.4, -0.2) is 82.8 Å². The molecule has 1 unspecified atom stereocenters. The molecule has 1 aliphatic rings. The van der Waals surface area contributed by atoms with Crippen LogP contribution in [0.1, 0.15) is 30.9 Å². The van der Waals surface area contributed by atoms with Crippen LogP contribution in [0.2, 0.25) is 5.02 Å². The van der Waals surface area contributed by atoms with Crippen LogP contribution in [0.15, 0.2) is 29.3 Å². The lowest BCUT2D eigenvalue weighted by Crippen LogP contribution is -2.44. The topological polar surface area (TPSA) is 52.1 Å². The van der Waals surface area contributed by atoms with E-state index in [9.17, 15) is 0 Å². The minimum Gasteiger partial charge on any atom is -0.385 e. The van der Waals surface area contributed by atoms with Crippen molar-refractivity contribution in [3.63, 3.8) is 0 Å². The summed E-state index contributed by atoms with van der Waals surface area (Å²) in [4.78, 5) is 9.22. The zero-order valence-corrected chi connectivity index (χ0v) is 21.1. The van der Waals surface area contributed by atoms with Crippen molar-refractivity contribution in [3.8, 4) is 0 Å². The van der Waals surface area contributed by atoms with E-state index in [4.69, 9.17) is 16.3 Å². The van der Waals surface area contributed by atoms with Crippen LogP contribution in [0.3, 0.4) is 0 Å². The first-order valence-corrected chi connectivity index (χ1v) is 10.6. The molecule has 0 aromatic heterocycles. The number of nitrogens with one attached hydrogen (secondary N) is 2. The van der Waals surface area contributed by atoms with Gasteiger partial charge in [-0.05, 0) is 57.1 Å². The fourth-order valence-electron chi connectivity index (χ4n) is 3.59. The van der Waals surface area contributed by atoms with Gasteiger partial charge in [0.1, 0.15) is 0 Å². The third-order valence-corrected chi connectivity index (χ3v) is 5.41. The lowest BCUT2D eigenvalue weighted by atomic mass is 10.1. The highest BCUT2D eigenvalue weighted by atomic mass is 127. The SMILES string of the molecule is CN=C(NCCN(C)CCCOC)NCC(c1cccc(Cl)c1)N1CCCC1.I. The largest absolute Gasteiger partial charge is 0.385 e. The zero-order chi connectivity index (χ0) is 20.2. The first-order valence-electron chi connectivity index (χ1n) is 10.3. The van der Waals surface area contributed by atoms with Crippen molar-refractivity contribution in [1.29, 1.82) is 0 Å². The fourth-order valence-corrected chi connectivity index (χ4v) is 3.79. The maximum atomic E-state index is 6.24. The summed E-state index contributed by atoms with van der Waals surface area (Å²) >= 11 is 6.24. The molecule has 0 spiro atoms. The molecular formula is C21H37ClIN5O. The Morgan fingerprint density at radius 1 is 1.28 bits per heavy atom. The van der Waals surface area contributed by atoms with Crippen LogP contribution in [0.4, 0.5) is 0 Å². The molecule has 2 rings (SSSR count). The summed E-state index contributed by atoms with van der Waals surface area (Å²) in [5, 5.41) is 7.72. The summed E-state index contributed by atoms with van der Waals surface area (Å²) in [6, 6.07) is 8.52. The van der Waals surface area contributed by atoms with Crippen molar-refractivity contribution in [2.24, 2.45) is 4.99 Å². The number of likely N-dealkylation sites (tertiary alicyclic amines) is 1. The Hall–Kier alpha value is -0.610. The van der Waals surface area contributed by atoms with Gasteiger partial charge in [0.15, 0.2) is 5.96 Å². The highest BCUT2D eigenvalue weighted by Gasteiger charge is 2.23. The average Bonchev–Trinajstić information content (AvgIpc) is 3.21. The van der Waals surface area contributed by atoms with E-state index in [1.54, 1.807) is 7.11 Å². The van der Waals surface area contributed by atoms with Gasteiger partial charge in [0.2, 0.25) is 0 Å². The molecule has 29 heavy (non-hydrogen) atoms. The molecule has 1 aliphatic heterocycles. The van der Waals surface area contributed by atoms with E-state index in [-0.39, 0.29) is 24.0 Å². The van der Waals surface area contributed by atoms with Crippen molar-refractivity contribution in [3.05, 3.63) is 34.9 Å². The monoisotopic (exact) mass is 537 g/mol. The average molecular weight is 538 g/mol. The first-order chi connectivity index (χ1) is 13.6. The molecule has 1 aromatic carbocycles. The molecule has 0 radical (unpaired) electrons. The Kier molecular flexibility index (Phi) is 13.9. The fraction of sp³-hybridized carbons (Fsp3) is 0.667. The van der Waals surface area contributed by atoms with Crippen LogP contribution >= 0.6 is 35.6 Å². The highest BCUT2D eigenvalue weighted by Crippen LogP contribution is 2.26. The van der Waals surface area contributed by atoms with Gasteiger partial charge in [-0.1, -0.05) is 23.7 Å². The highest BCUT2D eigenvalue weighted by molar-refractivity contribution is 14.0. The number of hydrogen-bond acceptors (Lipinski definition) is 4. The van der Waals surface area contributed by atoms with Gasteiger partial charge in [0, 0.05) is 52.0 Å². The zero-order valence-electron chi connectivity index (χ0n) is 18.0. The number of methoxy groups -OCH3 is 1. The minimum atomic E-state index is 0. The number of aliphatic imine (C=N–C) groups is 1. The molecule has 1 fully saturated rings. The molecule has 8 heteroatoms. The second kappa shape index (κ2) is 15.2. The van der Waals surface area contributed by atoms with Crippen LogP contribution in [0, 0.1) is 0 Å². The van der Waals surface area contributed by atoms with Gasteiger partial charge in [-0.25, -0.2) is 0 Å². The van der Waals surface area contributed by atoms with Crippen molar-refractivity contribution in [1.82, 2.24) is 20.4 Å². The maximum Gasteiger partial charge on any atom is 0.191 e. The number of hydrogen-bond donors (Lipinski definition) is 2. The van der Waals surface area contributed by atoms with E-state index in [1.165, 1.54) is 18.4 Å². The van der Waals surface area contributed by atoms with Gasteiger partial charge in [-0.2, -0.15) is 0 Å². The van der Waals surface area contributed by atoms with Crippen molar-refractivity contribution in [2.75, 3.05) is 67.1 Å². The maximum absolute atomic E-state index is 6.24. The molecule has 0 aliphatic carbocycles. The molecule has 1 aromatic rings. The van der Waals surface area contributed by atoms with Gasteiger partial charge in [-0.15, -0.1) is 24.0 Å². The van der Waals surface area contributed by atoms with Gasteiger partial charge in [0.05, 0.1) is 6.04 Å². The van der Waals surface area contributed by atoms with Gasteiger partial charge >= 0.3 is 0 Å². The predicted octanol–water partition coefficient (Wildman–Crippen LogP) is 3.23. The van der Waals surface area contributed by atoms with Crippen molar-refractivity contribution >= 4 is 41.5 Å². The number of rotatable bonds is 11. The third-order valence-electron chi connectivity index (χ3n) is 5.18.